The molecule has 3 rings (SSSR count). The zero-order valence-electron chi connectivity index (χ0n) is 9.07. The Morgan fingerprint density at radius 3 is 3.12 bits per heavy atom. The van der Waals surface area contributed by atoms with Crippen molar-refractivity contribution in [3.05, 3.63) is 35.0 Å². The van der Waals surface area contributed by atoms with Gasteiger partial charge in [-0.2, -0.15) is 4.80 Å². The van der Waals surface area contributed by atoms with Crippen molar-refractivity contribution in [1.29, 1.82) is 0 Å². The first kappa shape index (κ1) is 10.2. The molecule has 3 aromatic heterocycles. The summed E-state index contributed by atoms with van der Waals surface area (Å²) < 4.78 is 5.09. The van der Waals surface area contributed by atoms with Gasteiger partial charge in [0.25, 0.3) is 0 Å². The van der Waals surface area contributed by atoms with Crippen LogP contribution in [-0.4, -0.2) is 25.4 Å². The molecule has 0 unspecified atom stereocenters. The number of aromatic nitrogens is 5. The molecular formula is C10H9N5OS. The van der Waals surface area contributed by atoms with Crippen LogP contribution in [0.25, 0.3) is 10.7 Å². The molecule has 0 aliphatic heterocycles. The Bertz CT molecular complexity index is 612. The monoisotopic (exact) mass is 247 g/mol. The fourth-order valence-corrected chi connectivity index (χ4v) is 2.09. The number of hydrogen-bond acceptors (Lipinski definition) is 6. The second kappa shape index (κ2) is 4.10. The molecular weight excluding hydrogens is 238 g/mol. The normalized spacial score (nSPS) is 10.9. The summed E-state index contributed by atoms with van der Waals surface area (Å²) in [6.45, 7) is 2.32. The maximum absolute atomic E-state index is 5.09. The van der Waals surface area contributed by atoms with Crippen molar-refractivity contribution in [3.63, 3.8) is 0 Å². The van der Waals surface area contributed by atoms with Crippen molar-refractivity contribution in [1.82, 2.24) is 25.4 Å². The van der Waals surface area contributed by atoms with E-state index in [4.69, 9.17) is 4.52 Å². The number of hydrogen-bond donors (Lipinski definition) is 0. The summed E-state index contributed by atoms with van der Waals surface area (Å²) in [5.74, 6) is 1.36. The van der Waals surface area contributed by atoms with Gasteiger partial charge in [-0.05, 0) is 23.6 Å². The van der Waals surface area contributed by atoms with Gasteiger partial charge in [-0.3, -0.25) is 0 Å². The van der Waals surface area contributed by atoms with Crippen LogP contribution in [0.1, 0.15) is 11.5 Å². The van der Waals surface area contributed by atoms with Gasteiger partial charge in [0.1, 0.15) is 6.54 Å². The molecule has 0 aliphatic carbocycles. The molecule has 6 nitrogen and oxygen atoms in total. The third kappa shape index (κ3) is 2.09. The minimum Gasteiger partial charge on any atom is -0.359 e. The molecule has 3 aromatic rings. The van der Waals surface area contributed by atoms with Gasteiger partial charge in [0, 0.05) is 6.07 Å². The molecule has 3 heterocycles. The second-order valence-electron chi connectivity index (χ2n) is 3.56. The molecule has 0 aliphatic rings. The summed E-state index contributed by atoms with van der Waals surface area (Å²) in [6.07, 6.45) is 0. The second-order valence-corrected chi connectivity index (χ2v) is 4.50. The van der Waals surface area contributed by atoms with Gasteiger partial charge in [0.15, 0.2) is 5.76 Å². The van der Waals surface area contributed by atoms with Gasteiger partial charge < -0.3 is 4.52 Å². The van der Waals surface area contributed by atoms with Crippen molar-refractivity contribution >= 4 is 11.3 Å². The molecule has 7 heteroatoms. The SMILES string of the molecule is Cc1cc(Cn2nnc(-c3cccs3)n2)on1. The first-order chi connectivity index (χ1) is 8.31. The summed E-state index contributed by atoms with van der Waals surface area (Å²) in [7, 11) is 0. The van der Waals surface area contributed by atoms with Crippen LogP contribution in [0, 0.1) is 6.92 Å². The summed E-state index contributed by atoms with van der Waals surface area (Å²) in [5.41, 5.74) is 0.846. The smallest absolute Gasteiger partial charge is 0.214 e. The molecule has 0 atom stereocenters. The van der Waals surface area contributed by atoms with Gasteiger partial charge in [-0.15, -0.1) is 21.5 Å². The third-order valence-electron chi connectivity index (χ3n) is 2.17. The molecule has 0 saturated carbocycles. The van der Waals surface area contributed by atoms with Crippen molar-refractivity contribution in [2.45, 2.75) is 13.5 Å². The fraction of sp³-hybridized carbons (Fsp3) is 0.200. The van der Waals surface area contributed by atoms with Crippen LogP contribution in [-0.2, 0) is 6.54 Å². The van der Waals surface area contributed by atoms with E-state index in [1.807, 2.05) is 30.5 Å². The standard InChI is InChI=1S/C10H9N5OS/c1-7-5-8(16-13-7)6-15-12-10(11-14-15)9-3-2-4-17-9/h2-5H,6H2,1H3. The lowest BCUT2D eigenvalue weighted by molar-refractivity contribution is 0.359. The van der Waals surface area contributed by atoms with Crippen molar-refractivity contribution < 1.29 is 4.52 Å². The highest BCUT2D eigenvalue weighted by atomic mass is 32.1. The van der Waals surface area contributed by atoms with Crippen LogP contribution < -0.4 is 0 Å². The highest BCUT2D eigenvalue weighted by Gasteiger charge is 2.08. The molecule has 0 radical (unpaired) electrons. The lowest BCUT2D eigenvalue weighted by atomic mass is 10.4. The van der Waals surface area contributed by atoms with E-state index in [1.165, 1.54) is 4.80 Å². The molecule has 0 amide bonds. The van der Waals surface area contributed by atoms with Crippen molar-refractivity contribution in [2.24, 2.45) is 0 Å². The van der Waals surface area contributed by atoms with Crippen molar-refractivity contribution in [3.8, 4) is 10.7 Å². The molecule has 0 fully saturated rings. The maximum atomic E-state index is 5.09. The van der Waals surface area contributed by atoms with Crippen LogP contribution in [0.15, 0.2) is 28.1 Å². The van der Waals surface area contributed by atoms with E-state index in [1.54, 1.807) is 11.3 Å². The average molecular weight is 247 g/mol. The lowest BCUT2D eigenvalue weighted by Gasteiger charge is -1.91. The average Bonchev–Trinajstić information content (AvgIpc) is 3.00. The van der Waals surface area contributed by atoms with E-state index in [-0.39, 0.29) is 0 Å². The fourth-order valence-electron chi connectivity index (χ4n) is 1.44. The highest BCUT2D eigenvalue weighted by Crippen LogP contribution is 2.19. The van der Waals surface area contributed by atoms with E-state index < -0.39 is 0 Å². The van der Waals surface area contributed by atoms with E-state index >= 15 is 0 Å². The zero-order chi connectivity index (χ0) is 11.7. The van der Waals surface area contributed by atoms with Crippen LogP contribution in [0.4, 0.5) is 0 Å². The Morgan fingerprint density at radius 1 is 1.47 bits per heavy atom. The van der Waals surface area contributed by atoms with Gasteiger partial charge >= 0.3 is 0 Å². The van der Waals surface area contributed by atoms with Gasteiger partial charge in [0.05, 0.1) is 10.6 Å². The number of aryl methyl sites for hydroxylation is 1. The van der Waals surface area contributed by atoms with Gasteiger partial charge in [-0.25, -0.2) is 0 Å². The molecule has 0 bridgehead atoms. The van der Waals surface area contributed by atoms with Gasteiger partial charge in [-0.1, -0.05) is 11.2 Å². The molecule has 86 valence electrons. The van der Waals surface area contributed by atoms with E-state index in [0.29, 0.717) is 12.4 Å². The minimum atomic E-state index is 0.444. The summed E-state index contributed by atoms with van der Waals surface area (Å²) in [5, 5.41) is 18.0. The van der Waals surface area contributed by atoms with Crippen molar-refractivity contribution in [2.75, 3.05) is 0 Å². The zero-order valence-corrected chi connectivity index (χ0v) is 9.89. The Morgan fingerprint density at radius 2 is 2.41 bits per heavy atom. The largest absolute Gasteiger partial charge is 0.359 e. The highest BCUT2D eigenvalue weighted by molar-refractivity contribution is 7.13. The van der Waals surface area contributed by atoms with E-state index in [0.717, 1.165) is 16.3 Å². The van der Waals surface area contributed by atoms with E-state index in [2.05, 4.69) is 20.6 Å². The first-order valence-electron chi connectivity index (χ1n) is 5.05. The Kier molecular flexibility index (Phi) is 2.45. The van der Waals surface area contributed by atoms with E-state index in [9.17, 15) is 0 Å². The van der Waals surface area contributed by atoms with Crippen LogP contribution in [0.5, 0.6) is 0 Å². The predicted octanol–water partition coefficient (Wildman–Crippen LogP) is 1.75. The number of nitrogens with zero attached hydrogens (tertiary/aromatic N) is 5. The quantitative estimate of drug-likeness (QED) is 0.705. The van der Waals surface area contributed by atoms with Gasteiger partial charge in [0.2, 0.25) is 5.82 Å². The Labute approximate surface area is 101 Å². The number of thiophene rings is 1. The predicted molar refractivity (Wildman–Crippen MR) is 61.5 cm³/mol. The summed E-state index contributed by atoms with van der Waals surface area (Å²) in [6, 6.07) is 5.78. The first-order valence-corrected chi connectivity index (χ1v) is 5.93. The molecule has 17 heavy (non-hydrogen) atoms. The number of rotatable bonds is 3. The lowest BCUT2D eigenvalue weighted by Crippen LogP contribution is -2.02. The number of tetrazole rings is 1. The third-order valence-corrected chi connectivity index (χ3v) is 3.03. The molecule has 0 aromatic carbocycles. The Balaban J connectivity index is 1.81. The van der Waals surface area contributed by atoms with Crippen LogP contribution in [0.2, 0.25) is 0 Å². The molecule has 0 spiro atoms. The maximum Gasteiger partial charge on any atom is 0.214 e. The Hall–Kier alpha value is -2.02. The molecule has 0 N–H and O–H groups in total. The summed E-state index contributed by atoms with van der Waals surface area (Å²) in [4.78, 5) is 2.50. The van der Waals surface area contributed by atoms with Crippen LogP contribution >= 0.6 is 11.3 Å². The molecule has 0 saturated heterocycles. The minimum absolute atomic E-state index is 0.444. The topological polar surface area (TPSA) is 69.6 Å². The summed E-state index contributed by atoms with van der Waals surface area (Å²) >= 11 is 1.59. The van der Waals surface area contributed by atoms with Crippen LogP contribution in [0.3, 0.4) is 0 Å².